The van der Waals surface area contributed by atoms with Crippen LogP contribution >= 0.6 is 11.3 Å². The summed E-state index contributed by atoms with van der Waals surface area (Å²) in [6, 6.07) is 10.1. The molecule has 0 unspecified atom stereocenters. The molecule has 2 atom stereocenters. The molecule has 1 fully saturated rings. The highest BCUT2D eigenvalue weighted by molar-refractivity contribution is 7.89. The second-order valence-electron chi connectivity index (χ2n) is 7.67. The van der Waals surface area contributed by atoms with Crippen LogP contribution in [0.4, 0.5) is 10.1 Å². The number of nitrogens with one attached hydrogen (secondary N) is 1. The van der Waals surface area contributed by atoms with Crippen molar-refractivity contribution in [1.82, 2.24) is 9.29 Å². The lowest BCUT2D eigenvalue weighted by molar-refractivity contribution is -0.123. The van der Waals surface area contributed by atoms with E-state index in [-0.39, 0.29) is 24.4 Å². The van der Waals surface area contributed by atoms with Crippen molar-refractivity contribution in [2.24, 2.45) is 5.92 Å². The summed E-state index contributed by atoms with van der Waals surface area (Å²) >= 11 is 1.50. The minimum atomic E-state index is -3.84. The van der Waals surface area contributed by atoms with Gasteiger partial charge in [-0.05, 0) is 48.4 Å². The van der Waals surface area contributed by atoms with Crippen LogP contribution in [0.5, 0.6) is 5.75 Å². The van der Waals surface area contributed by atoms with Crippen LogP contribution in [-0.4, -0.2) is 49.5 Å². The Labute approximate surface area is 182 Å². The summed E-state index contributed by atoms with van der Waals surface area (Å²) in [7, 11) is -3.84. The average molecular weight is 462 g/mol. The van der Waals surface area contributed by atoms with E-state index >= 15 is 0 Å². The molecule has 0 saturated carbocycles. The minimum Gasteiger partial charge on any atom is -0.493 e. The number of benzene rings is 2. The number of sulfonamides is 1. The number of amides is 1. The lowest BCUT2D eigenvalue weighted by atomic mass is 9.95. The number of hydrogen-bond donors (Lipinski definition) is 1. The molecule has 1 saturated heterocycles. The summed E-state index contributed by atoms with van der Waals surface area (Å²) in [5, 5.41) is 2.74. The van der Waals surface area contributed by atoms with Gasteiger partial charge in [-0.1, -0.05) is 0 Å². The van der Waals surface area contributed by atoms with Crippen molar-refractivity contribution in [1.29, 1.82) is 0 Å². The molecular formula is C21H20FN3O4S2. The van der Waals surface area contributed by atoms with Gasteiger partial charge in [0.15, 0.2) is 0 Å². The predicted octanol–water partition coefficient (Wildman–Crippen LogP) is 3.22. The summed E-state index contributed by atoms with van der Waals surface area (Å²) in [5.74, 6) is -0.673. The summed E-state index contributed by atoms with van der Waals surface area (Å²) in [6.07, 6.45) is -0.831. The molecule has 1 aromatic heterocycles. The van der Waals surface area contributed by atoms with Crippen LogP contribution in [0.25, 0.3) is 10.2 Å². The molecule has 2 aliphatic rings. The number of nitrogens with zero attached hydrogens (tertiary/aromatic N) is 2. The number of piperidine rings is 1. The van der Waals surface area contributed by atoms with Gasteiger partial charge in [-0.15, -0.1) is 11.3 Å². The Morgan fingerprint density at radius 2 is 2.13 bits per heavy atom. The first kappa shape index (κ1) is 20.3. The van der Waals surface area contributed by atoms with E-state index < -0.39 is 28.0 Å². The number of hydrogen-bond acceptors (Lipinski definition) is 6. The molecule has 1 N–H and O–H groups in total. The summed E-state index contributed by atoms with van der Waals surface area (Å²) in [6.45, 7) is 0.264. The fourth-order valence-electron chi connectivity index (χ4n) is 4.03. The Bertz CT molecular complexity index is 1260. The summed E-state index contributed by atoms with van der Waals surface area (Å²) in [4.78, 5) is 17.0. The average Bonchev–Trinajstić information content (AvgIpc) is 3.41. The maximum absolute atomic E-state index is 14.9. The van der Waals surface area contributed by atoms with Crippen molar-refractivity contribution in [2.45, 2.75) is 23.9 Å². The van der Waals surface area contributed by atoms with Crippen LogP contribution < -0.4 is 10.1 Å². The van der Waals surface area contributed by atoms with Crippen molar-refractivity contribution >= 4 is 43.2 Å². The molecule has 0 radical (unpaired) electrons. The molecule has 7 nitrogen and oxygen atoms in total. The standard InChI is InChI=1S/C21H20FN3O4S2/c22-17-11-25(31(27,28)15-2-3-19-13(9-15)6-8-29-19)7-5-16(17)21(26)24-14-1-4-20-18(10-14)23-12-30-20/h1-4,9-10,12,16-17H,5-8,11H2,(H,24,26)/t16-,17-/m0/s1. The van der Waals surface area contributed by atoms with Crippen LogP contribution in [-0.2, 0) is 21.2 Å². The number of ether oxygens (including phenoxy) is 1. The lowest BCUT2D eigenvalue weighted by Crippen LogP contribution is -2.48. The number of carbonyl (C=O) groups excluding carboxylic acids is 1. The van der Waals surface area contributed by atoms with E-state index in [1.165, 1.54) is 17.4 Å². The fourth-order valence-corrected chi connectivity index (χ4v) is 6.21. The predicted molar refractivity (Wildman–Crippen MR) is 116 cm³/mol. The molecule has 0 bridgehead atoms. The van der Waals surface area contributed by atoms with Crippen LogP contribution in [0.2, 0.25) is 0 Å². The normalized spacial score (nSPS) is 21.6. The second kappa shape index (κ2) is 7.85. The largest absolute Gasteiger partial charge is 0.493 e. The third-order valence-corrected chi connectivity index (χ3v) is 8.41. The zero-order valence-corrected chi connectivity index (χ0v) is 18.1. The van der Waals surface area contributed by atoms with Gasteiger partial charge < -0.3 is 10.1 Å². The van der Waals surface area contributed by atoms with Gasteiger partial charge in [-0.25, -0.2) is 17.8 Å². The molecule has 1 amide bonds. The molecule has 162 valence electrons. The Morgan fingerprint density at radius 3 is 2.97 bits per heavy atom. The lowest BCUT2D eigenvalue weighted by Gasteiger charge is -2.33. The van der Waals surface area contributed by atoms with Crippen molar-refractivity contribution < 1.29 is 22.3 Å². The Hall–Kier alpha value is -2.56. The monoisotopic (exact) mass is 461 g/mol. The SMILES string of the molecule is O=C(Nc1ccc2scnc2c1)[C@H]1CCN(S(=O)(=O)c2ccc3c(c2)CCO3)C[C@@H]1F. The van der Waals surface area contributed by atoms with E-state index in [1.807, 2.05) is 6.07 Å². The molecule has 3 aromatic rings. The highest BCUT2D eigenvalue weighted by Gasteiger charge is 2.39. The number of fused-ring (bicyclic) bond motifs is 2. The first-order chi connectivity index (χ1) is 14.9. The molecule has 2 aromatic carbocycles. The van der Waals surface area contributed by atoms with Gasteiger partial charge in [-0.2, -0.15) is 4.31 Å². The third-order valence-electron chi connectivity index (χ3n) is 5.74. The number of thiazole rings is 1. The van der Waals surface area contributed by atoms with Crippen molar-refractivity contribution in [3.05, 3.63) is 47.5 Å². The number of anilines is 1. The number of aromatic nitrogens is 1. The van der Waals surface area contributed by atoms with Crippen LogP contribution in [0, 0.1) is 5.92 Å². The zero-order chi connectivity index (χ0) is 21.6. The highest BCUT2D eigenvalue weighted by Crippen LogP contribution is 2.31. The van der Waals surface area contributed by atoms with E-state index in [4.69, 9.17) is 4.74 Å². The van der Waals surface area contributed by atoms with E-state index in [0.29, 0.717) is 24.5 Å². The topological polar surface area (TPSA) is 88.6 Å². The van der Waals surface area contributed by atoms with Gasteiger partial charge in [0.05, 0.1) is 33.1 Å². The number of halogens is 1. The molecular weight excluding hydrogens is 441 g/mol. The maximum atomic E-state index is 14.9. The zero-order valence-electron chi connectivity index (χ0n) is 16.5. The van der Waals surface area contributed by atoms with Gasteiger partial charge in [0.2, 0.25) is 15.9 Å². The summed E-state index contributed by atoms with van der Waals surface area (Å²) in [5.41, 5.74) is 3.87. The second-order valence-corrected chi connectivity index (χ2v) is 10.5. The maximum Gasteiger partial charge on any atom is 0.243 e. The van der Waals surface area contributed by atoms with Crippen LogP contribution in [0.3, 0.4) is 0 Å². The van der Waals surface area contributed by atoms with Gasteiger partial charge in [-0.3, -0.25) is 4.79 Å². The van der Waals surface area contributed by atoms with Gasteiger partial charge in [0.25, 0.3) is 0 Å². The van der Waals surface area contributed by atoms with Crippen molar-refractivity contribution in [2.75, 3.05) is 25.0 Å². The van der Waals surface area contributed by atoms with Crippen LogP contribution in [0.15, 0.2) is 46.8 Å². The molecule has 0 aliphatic carbocycles. The Morgan fingerprint density at radius 1 is 1.26 bits per heavy atom. The smallest absolute Gasteiger partial charge is 0.243 e. The van der Waals surface area contributed by atoms with Gasteiger partial charge in [0.1, 0.15) is 11.9 Å². The Kier molecular flexibility index (Phi) is 5.15. The van der Waals surface area contributed by atoms with Crippen LogP contribution in [0.1, 0.15) is 12.0 Å². The molecule has 2 aliphatic heterocycles. The van der Waals surface area contributed by atoms with E-state index in [1.54, 1.807) is 29.8 Å². The highest BCUT2D eigenvalue weighted by atomic mass is 32.2. The third kappa shape index (κ3) is 3.79. The number of carbonyl (C=O) groups is 1. The van der Waals surface area contributed by atoms with E-state index in [2.05, 4.69) is 10.3 Å². The van der Waals surface area contributed by atoms with Crippen molar-refractivity contribution in [3.63, 3.8) is 0 Å². The molecule has 5 rings (SSSR count). The Balaban J connectivity index is 1.27. The van der Waals surface area contributed by atoms with Crippen molar-refractivity contribution in [3.8, 4) is 5.75 Å². The fraction of sp³-hybridized carbons (Fsp3) is 0.333. The molecule has 3 heterocycles. The minimum absolute atomic E-state index is 0.0829. The van der Waals surface area contributed by atoms with Gasteiger partial charge >= 0.3 is 0 Å². The van der Waals surface area contributed by atoms with E-state index in [0.717, 1.165) is 20.1 Å². The summed E-state index contributed by atoms with van der Waals surface area (Å²) < 4.78 is 48.5. The molecule has 0 spiro atoms. The number of rotatable bonds is 4. The molecule has 31 heavy (non-hydrogen) atoms. The molecule has 10 heteroatoms. The van der Waals surface area contributed by atoms with E-state index in [9.17, 15) is 17.6 Å². The quantitative estimate of drug-likeness (QED) is 0.645. The van der Waals surface area contributed by atoms with Gasteiger partial charge in [0, 0.05) is 25.2 Å². The number of alkyl halides is 1. The first-order valence-corrected chi connectivity index (χ1v) is 12.3. The first-order valence-electron chi connectivity index (χ1n) is 9.96.